The Morgan fingerprint density at radius 1 is 1.35 bits per heavy atom. The summed E-state index contributed by atoms with van der Waals surface area (Å²) in [5, 5.41) is 11.5. The summed E-state index contributed by atoms with van der Waals surface area (Å²) in [6.07, 6.45) is 1.44. The fourth-order valence-electron chi connectivity index (χ4n) is 1.44. The number of hydrogen-bond acceptors (Lipinski definition) is 3. The lowest BCUT2D eigenvalue weighted by atomic mass is 10.2. The van der Waals surface area contributed by atoms with E-state index >= 15 is 0 Å². The van der Waals surface area contributed by atoms with Crippen molar-refractivity contribution in [2.24, 2.45) is 0 Å². The van der Waals surface area contributed by atoms with Crippen molar-refractivity contribution in [1.82, 2.24) is 0 Å². The smallest absolute Gasteiger partial charge is 0.258 e. The third kappa shape index (κ3) is 2.18. The number of furan rings is 1. The van der Waals surface area contributed by atoms with Crippen LogP contribution in [0.5, 0.6) is 0 Å². The van der Waals surface area contributed by atoms with E-state index in [0.717, 1.165) is 0 Å². The first-order valence-electron chi connectivity index (χ1n) is 5.07. The van der Waals surface area contributed by atoms with Crippen LogP contribution in [0.25, 0.3) is 0 Å². The van der Waals surface area contributed by atoms with Gasteiger partial charge in [-0.05, 0) is 19.1 Å². The second kappa shape index (κ2) is 4.54. The highest BCUT2D eigenvalue weighted by atomic mass is 16.3. The van der Waals surface area contributed by atoms with Crippen LogP contribution in [0, 0.1) is 18.3 Å². The monoisotopic (exact) mass is 226 g/mol. The Kier molecular flexibility index (Phi) is 2.93. The van der Waals surface area contributed by atoms with Gasteiger partial charge in [-0.15, -0.1) is 0 Å². The summed E-state index contributed by atoms with van der Waals surface area (Å²) >= 11 is 0. The Hall–Kier alpha value is -2.54. The van der Waals surface area contributed by atoms with Crippen molar-refractivity contribution in [1.29, 1.82) is 5.26 Å². The van der Waals surface area contributed by atoms with Gasteiger partial charge in [-0.1, -0.05) is 18.2 Å². The molecule has 0 atom stereocenters. The quantitative estimate of drug-likeness (QED) is 0.856. The summed E-state index contributed by atoms with van der Waals surface area (Å²) in [7, 11) is 0. The number of anilines is 1. The first-order valence-corrected chi connectivity index (χ1v) is 5.07. The van der Waals surface area contributed by atoms with E-state index < -0.39 is 0 Å². The highest BCUT2D eigenvalue weighted by Gasteiger charge is 2.13. The van der Waals surface area contributed by atoms with Crippen LogP contribution in [0.15, 0.2) is 41.0 Å². The van der Waals surface area contributed by atoms with Crippen molar-refractivity contribution in [2.45, 2.75) is 6.92 Å². The van der Waals surface area contributed by atoms with Gasteiger partial charge in [0.2, 0.25) is 5.88 Å². The van der Waals surface area contributed by atoms with Crippen LogP contribution < -0.4 is 5.32 Å². The molecule has 0 saturated carbocycles. The molecule has 0 unspecified atom stereocenters. The van der Waals surface area contributed by atoms with Crippen molar-refractivity contribution < 1.29 is 9.21 Å². The normalized spacial score (nSPS) is 9.65. The molecule has 0 spiro atoms. The molecule has 2 aromatic rings. The van der Waals surface area contributed by atoms with Gasteiger partial charge >= 0.3 is 0 Å². The van der Waals surface area contributed by atoms with Crippen LogP contribution in [-0.2, 0) is 0 Å². The molecular formula is C13H10N2O2. The summed E-state index contributed by atoms with van der Waals surface area (Å²) in [5.74, 6) is -0.102. The van der Waals surface area contributed by atoms with E-state index in [1.165, 1.54) is 6.26 Å². The zero-order chi connectivity index (χ0) is 12.3. The molecule has 4 heteroatoms. The Balaban J connectivity index is 2.23. The Bertz CT molecular complexity index is 579. The number of rotatable bonds is 2. The molecule has 0 bridgehead atoms. The highest BCUT2D eigenvalue weighted by molar-refractivity contribution is 6.04. The SMILES string of the molecule is Cc1coc(NC(=O)c2ccccc2)c1C#N. The molecule has 0 aliphatic heterocycles. The number of aryl methyl sites for hydroxylation is 1. The minimum atomic E-state index is -0.295. The van der Waals surface area contributed by atoms with Crippen molar-refractivity contribution in [2.75, 3.05) is 5.32 Å². The summed E-state index contributed by atoms with van der Waals surface area (Å²) in [5.41, 5.74) is 1.58. The van der Waals surface area contributed by atoms with Gasteiger partial charge in [0.15, 0.2) is 0 Å². The lowest BCUT2D eigenvalue weighted by Gasteiger charge is -2.01. The maximum Gasteiger partial charge on any atom is 0.258 e. The molecule has 0 aliphatic rings. The maximum absolute atomic E-state index is 11.8. The first kappa shape index (κ1) is 11.0. The van der Waals surface area contributed by atoms with Crippen LogP contribution in [0.1, 0.15) is 21.5 Å². The summed E-state index contributed by atoms with van der Waals surface area (Å²) in [4.78, 5) is 11.8. The molecule has 0 radical (unpaired) electrons. The second-order valence-corrected chi connectivity index (χ2v) is 3.55. The van der Waals surface area contributed by atoms with Crippen LogP contribution in [0.3, 0.4) is 0 Å². The van der Waals surface area contributed by atoms with Gasteiger partial charge in [0.1, 0.15) is 11.6 Å². The Labute approximate surface area is 98.5 Å². The summed E-state index contributed by atoms with van der Waals surface area (Å²) < 4.78 is 5.12. The number of carbonyl (C=O) groups excluding carboxylic acids is 1. The third-order valence-electron chi connectivity index (χ3n) is 2.35. The molecule has 84 valence electrons. The van der Waals surface area contributed by atoms with E-state index in [1.807, 2.05) is 12.1 Å². The van der Waals surface area contributed by atoms with E-state index in [1.54, 1.807) is 31.2 Å². The predicted molar refractivity (Wildman–Crippen MR) is 62.6 cm³/mol. The number of carbonyl (C=O) groups is 1. The number of hydrogen-bond donors (Lipinski definition) is 1. The van der Waals surface area contributed by atoms with Crippen LogP contribution in [-0.4, -0.2) is 5.91 Å². The molecule has 4 nitrogen and oxygen atoms in total. The van der Waals surface area contributed by atoms with Gasteiger partial charge in [0.25, 0.3) is 5.91 Å². The van der Waals surface area contributed by atoms with Gasteiger partial charge in [-0.2, -0.15) is 5.26 Å². The van der Waals surface area contributed by atoms with Gasteiger partial charge in [0.05, 0.1) is 6.26 Å². The van der Waals surface area contributed by atoms with Gasteiger partial charge < -0.3 is 4.42 Å². The van der Waals surface area contributed by atoms with Crippen LogP contribution in [0.2, 0.25) is 0 Å². The average molecular weight is 226 g/mol. The molecule has 1 N–H and O–H groups in total. The molecular weight excluding hydrogens is 216 g/mol. The molecule has 1 aromatic heterocycles. The number of amides is 1. The first-order chi connectivity index (χ1) is 8.22. The standard InChI is InChI=1S/C13H10N2O2/c1-9-8-17-13(11(9)7-14)15-12(16)10-5-3-2-4-6-10/h2-6,8H,1H3,(H,15,16). The van der Waals surface area contributed by atoms with Gasteiger partial charge in [0, 0.05) is 11.1 Å². The summed E-state index contributed by atoms with van der Waals surface area (Å²) in [6, 6.07) is 10.7. The minimum absolute atomic E-state index is 0.193. The van der Waals surface area contributed by atoms with Crippen molar-refractivity contribution in [3.05, 3.63) is 53.3 Å². The zero-order valence-corrected chi connectivity index (χ0v) is 9.23. The molecule has 1 aromatic carbocycles. The Morgan fingerprint density at radius 3 is 2.71 bits per heavy atom. The highest BCUT2D eigenvalue weighted by Crippen LogP contribution is 2.21. The molecule has 0 fully saturated rings. The number of nitrogens with zero attached hydrogens (tertiary/aromatic N) is 1. The minimum Gasteiger partial charge on any atom is -0.447 e. The molecule has 0 saturated heterocycles. The average Bonchev–Trinajstić information content (AvgIpc) is 2.71. The molecule has 17 heavy (non-hydrogen) atoms. The number of nitrogens with one attached hydrogen (secondary N) is 1. The second-order valence-electron chi connectivity index (χ2n) is 3.55. The lowest BCUT2D eigenvalue weighted by molar-refractivity contribution is 0.102. The summed E-state index contributed by atoms with van der Waals surface area (Å²) in [6.45, 7) is 1.75. The van der Waals surface area contributed by atoms with Crippen molar-refractivity contribution in [3.63, 3.8) is 0 Å². The maximum atomic E-state index is 11.8. The zero-order valence-electron chi connectivity index (χ0n) is 9.23. The van der Waals surface area contributed by atoms with E-state index in [9.17, 15) is 4.79 Å². The fraction of sp³-hybridized carbons (Fsp3) is 0.0769. The third-order valence-corrected chi connectivity index (χ3v) is 2.35. The molecule has 1 heterocycles. The van der Waals surface area contributed by atoms with Crippen LogP contribution in [0.4, 0.5) is 5.88 Å². The largest absolute Gasteiger partial charge is 0.447 e. The number of nitriles is 1. The lowest BCUT2D eigenvalue weighted by Crippen LogP contribution is -2.11. The van der Waals surface area contributed by atoms with E-state index in [4.69, 9.17) is 9.68 Å². The Morgan fingerprint density at radius 2 is 2.06 bits per heavy atom. The van der Waals surface area contributed by atoms with Crippen LogP contribution >= 0.6 is 0 Å². The predicted octanol–water partition coefficient (Wildman–Crippen LogP) is 2.71. The van der Waals surface area contributed by atoms with Gasteiger partial charge in [-0.3, -0.25) is 10.1 Å². The van der Waals surface area contributed by atoms with Crippen molar-refractivity contribution in [3.8, 4) is 6.07 Å². The molecule has 2 rings (SSSR count). The molecule has 0 aliphatic carbocycles. The molecule has 1 amide bonds. The van der Waals surface area contributed by atoms with Gasteiger partial charge in [-0.25, -0.2) is 0 Å². The van der Waals surface area contributed by atoms with E-state index in [2.05, 4.69) is 5.32 Å². The fourth-order valence-corrected chi connectivity index (χ4v) is 1.44. The van der Waals surface area contributed by atoms with Crippen molar-refractivity contribution >= 4 is 11.8 Å². The number of benzene rings is 1. The van der Waals surface area contributed by atoms with E-state index in [0.29, 0.717) is 16.7 Å². The topological polar surface area (TPSA) is 66.0 Å². The van der Waals surface area contributed by atoms with E-state index in [-0.39, 0.29) is 11.8 Å².